The van der Waals surface area contributed by atoms with Crippen LogP contribution < -0.4 is 14.8 Å². The van der Waals surface area contributed by atoms with E-state index in [0.29, 0.717) is 12.8 Å². The van der Waals surface area contributed by atoms with Crippen LogP contribution in [0.4, 0.5) is 31.5 Å². The molecule has 1 heterocycles. The maximum absolute atomic E-state index is 13.1. The molecule has 2 aromatic carbocycles. The van der Waals surface area contributed by atoms with Crippen LogP contribution in [0, 0.1) is 0 Å². The number of sulfonamides is 1. The number of ether oxygens (including phenoxy) is 1. The maximum Gasteiger partial charge on any atom is 0.445 e. The van der Waals surface area contributed by atoms with E-state index in [1.165, 1.54) is 12.1 Å². The van der Waals surface area contributed by atoms with Crippen LogP contribution in [-0.2, 0) is 27.8 Å². The van der Waals surface area contributed by atoms with E-state index in [1.807, 2.05) is 4.72 Å². The molecule has 1 aromatic heterocycles. The van der Waals surface area contributed by atoms with Gasteiger partial charge in [0.25, 0.3) is 15.9 Å². The summed E-state index contributed by atoms with van der Waals surface area (Å²) in [7, 11) is -4.26. The zero-order chi connectivity index (χ0) is 30.1. The van der Waals surface area contributed by atoms with Crippen molar-refractivity contribution in [3.63, 3.8) is 0 Å². The van der Waals surface area contributed by atoms with E-state index >= 15 is 0 Å². The van der Waals surface area contributed by atoms with Gasteiger partial charge in [0.05, 0.1) is 22.6 Å². The normalized spacial score (nSPS) is 15.5. The van der Waals surface area contributed by atoms with Gasteiger partial charge in [-0.1, -0.05) is 36.3 Å². The topological polar surface area (TPSA) is 110 Å². The molecule has 222 valence electrons. The Labute approximate surface area is 235 Å². The number of benzene rings is 2. The summed E-state index contributed by atoms with van der Waals surface area (Å²) in [6, 6.07) is 8.38. The molecule has 1 aliphatic rings. The molecular weight excluding hydrogens is 598 g/mol. The molecular formula is C25H24F6N4O4S2. The van der Waals surface area contributed by atoms with Gasteiger partial charge in [0, 0.05) is 12.0 Å². The number of nitrogens with zero attached hydrogens (tertiary/aromatic N) is 2. The number of hydrogen-bond acceptors (Lipinski definition) is 7. The lowest BCUT2D eigenvalue weighted by Gasteiger charge is -2.30. The number of rotatable bonds is 9. The molecule has 1 saturated carbocycles. The second kappa shape index (κ2) is 11.5. The number of aromatic nitrogens is 2. The minimum absolute atomic E-state index is 0.0501. The Morgan fingerprint density at radius 2 is 1.66 bits per heavy atom. The highest BCUT2D eigenvalue weighted by atomic mass is 32.2. The van der Waals surface area contributed by atoms with Gasteiger partial charge in [0.15, 0.2) is 0 Å². The van der Waals surface area contributed by atoms with Gasteiger partial charge in [-0.3, -0.25) is 9.52 Å². The van der Waals surface area contributed by atoms with Crippen molar-refractivity contribution >= 4 is 32.4 Å². The van der Waals surface area contributed by atoms with Gasteiger partial charge >= 0.3 is 12.4 Å². The summed E-state index contributed by atoms with van der Waals surface area (Å²) in [5, 5.41) is 7.16. The van der Waals surface area contributed by atoms with Crippen LogP contribution in [0.5, 0.6) is 5.75 Å². The Kier molecular flexibility index (Phi) is 8.55. The van der Waals surface area contributed by atoms with Crippen LogP contribution in [0.2, 0.25) is 0 Å². The highest BCUT2D eigenvalue weighted by Crippen LogP contribution is 2.41. The fourth-order valence-electron chi connectivity index (χ4n) is 4.67. The van der Waals surface area contributed by atoms with Crippen LogP contribution in [0.3, 0.4) is 0 Å². The van der Waals surface area contributed by atoms with Gasteiger partial charge in [0.1, 0.15) is 5.75 Å². The molecule has 1 aliphatic carbocycles. The Bertz CT molecular complexity index is 1500. The lowest BCUT2D eigenvalue weighted by molar-refractivity contribution is -0.138. The Morgan fingerprint density at radius 1 is 1.00 bits per heavy atom. The maximum atomic E-state index is 13.1. The second-order valence-corrected chi connectivity index (χ2v) is 12.0. The van der Waals surface area contributed by atoms with Crippen molar-refractivity contribution in [3.05, 3.63) is 64.2 Å². The zero-order valence-corrected chi connectivity index (χ0v) is 23.0. The molecule has 0 radical (unpaired) electrons. The number of hydrogen-bond donors (Lipinski definition) is 2. The second-order valence-electron chi connectivity index (χ2n) is 9.35. The van der Waals surface area contributed by atoms with Gasteiger partial charge < -0.3 is 10.1 Å². The summed E-state index contributed by atoms with van der Waals surface area (Å²) in [5.74, 6) is -0.813. The quantitative estimate of drug-likeness (QED) is 0.283. The number of alkyl halides is 6. The standard InChI is InChI=1S/C25H24F6N4O4S2/c1-2-39-19-13-16(24(26,27)28)7-10-18(19)20(36)32-14-23(11-3-4-12-23)15-5-8-17(9-6-15)41(37,38)35-22-34-33-21(40-22)25(29,30)31/h5-10,13H,2-4,11-12,14H2,1H3,(H,32,36)(H,34,35). The molecule has 0 atom stereocenters. The molecule has 0 unspecified atom stereocenters. The lowest BCUT2D eigenvalue weighted by Crippen LogP contribution is -2.39. The van der Waals surface area contributed by atoms with Crippen molar-refractivity contribution in [2.24, 2.45) is 0 Å². The summed E-state index contributed by atoms with van der Waals surface area (Å²) in [5.41, 5.74) is -0.835. The predicted molar refractivity (Wildman–Crippen MR) is 137 cm³/mol. The minimum Gasteiger partial charge on any atom is -0.493 e. The molecule has 2 N–H and O–H groups in total. The van der Waals surface area contributed by atoms with Crippen LogP contribution in [-0.4, -0.2) is 37.7 Å². The third kappa shape index (κ3) is 6.92. The van der Waals surface area contributed by atoms with Crippen LogP contribution in [0.25, 0.3) is 0 Å². The summed E-state index contributed by atoms with van der Waals surface area (Å²) < 4.78 is 110. The van der Waals surface area contributed by atoms with Crippen molar-refractivity contribution in [1.82, 2.24) is 15.5 Å². The first-order chi connectivity index (χ1) is 19.1. The SMILES string of the molecule is CCOc1cc(C(F)(F)F)ccc1C(=O)NCC1(c2ccc(S(=O)(=O)Nc3nnc(C(F)(F)F)s3)cc2)CCCC1. The third-order valence-electron chi connectivity index (χ3n) is 6.67. The smallest absolute Gasteiger partial charge is 0.445 e. The van der Waals surface area contributed by atoms with E-state index in [0.717, 1.165) is 36.6 Å². The van der Waals surface area contributed by atoms with Crippen molar-refractivity contribution in [2.75, 3.05) is 17.9 Å². The first-order valence-electron chi connectivity index (χ1n) is 12.3. The number of nitrogens with one attached hydrogen (secondary N) is 2. The largest absolute Gasteiger partial charge is 0.493 e. The Hall–Kier alpha value is -3.40. The molecule has 0 bridgehead atoms. The highest BCUT2D eigenvalue weighted by Gasteiger charge is 2.38. The van der Waals surface area contributed by atoms with E-state index in [9.17, 15) is 39.6 Å². The van der Waals surface area contributed by atoms with Crippen molar-refractivity contribution in [3.8, 4) is 5.75 Å². The molecule has 3 aromatic rings. The Balaban J connectivity index is 1.51. The molecule has 4 rings (SSSR count). The van der Waals surface area contributed by atoms with Gasteiger partial charge in [-0.25, -0.2) is 8.42 Å². The van der Waals surface area contributed by atoms with Gasteiger partial charge in [0.2, 0.25) is 10.1 Å². The average molecular weight is 623 g/mol. The van der Waals surface area contributed by atoms with E-state index in [4.69, 9.17) is 4.74 Å². The molecule has 0 spiro atoms. The predicted octanol–water partition coefficient (Wildman–Crippen LogP) is 6.02. The first kappa shape index (κ1) is 30.6. The molecule has 16 heteroatoms. The van der Waals surface area contributed by atoms with E-state index < -0.39 is 49.4 Å². The minimum atomic E-state index is -4.76. The number of carbonyl (C=O) groups is 1. The fraction of sp³-hybridized carbons (Fsp3) is 0.400. The molecule has 41 heavy (non-hydrogen) atoms. The van der Waals surface area contributed by atoms with Crippen molar-refractivity contribution in [2.45, 2.75) is 55.3 Å². The third-order valence-corrected chi connectivity index (χ3v) is 9.04. The number of anilines is 1. The van der Waals surface area contributed by atoms with Gasteiger partial charge in [-0.15, -0.1) is 10.2 Å². The Morgan fingerprint density at radius 3 is 2.22 bits per heavy atom. The van der Waals surface area contributed by atoms with Crippen LogP contribution in [0.1, 0.15) is 59.1 Å². The van der Waals surface area contributed by atoms with E-state index in [2.05, 4.69) is 15.5 Å². The van der Waals surface area contributed by atoms with Crippen molar-refractivity contribution in [1.29, 1.82) is 0 Å². The van der Waals surface area contributed by atoms with Gasteiger partial charge in [-0.2, -0.15) is 26.3 Å². The average Bonchev–Trinajstić information content (AvgIpc) is 3.57. The monoisotopic (exact) mass is 622 g/mol. The van der Waals surface area contributed by atoms with E-state index in [1.54, 1.807) is 19.1 Å². The van der Waals surface area contributed by atoms with Crippen LogP contribution >= 0.6 is 11.3 Å². The summed E-state index contributed by atoms with van der Waals surface area (Å²) in [6.45, 7) is 1.77. The zero-order valence-electron chi connectivity index (χ0n) is 21.4. The molecule has 8 nitrogen and oxygen atoms in total. The fourth-order valence-corrected chi connectivity index (χ4v) is 6.51. The summed E-state index contributed by atoms with van der Waals surface area (Å²) in [6.07, 6.45) is -6.37. The number of amides is 1. The number of carbonyl (C=O) groups excluding carboxylic acids is 1. The lowest BCUT2D eigenvalue weighted by atomic mass is 9.79. The molecule has 1 amide bonds. The first-order valence-corrected chi connectivity index (χ1v) is 14.6. The summed E-state index contributed by atoms with van der Waals surface area (Å²) >= 11 is 0.0552. The number of halogens is 6. The van der Waals surface area contributed by atoms with Gasteiger partial charge in [-0.05, 0) is 55.7 Å². The molecule has 0 aliphatic heterocycles. The highest BCUT2D eigenvalue weighted by molar-refractivity contribution is 7.93. The molecule has 0 saturated heterocycles. The van der Waals surface area contributed by atoms with E-state index in [-0.39, 0.29) is 40.7 Å². The molecule has 1 fully saturated rings. The van der Waals surface area contributed by atoms with Crippen LogP contribution in [0.15, 0.2) is 47.4 Å². The van der Waals surface area contributed by atoms with Crippen molar-refractivity contribution < 1.29 is 44.3 Å². The summed E-state index contributed by atoms with van der Waals surface area (Å²) in [4.78, 5) is 12.8.